The molecule has 0 saturated carbocycles. The summed E-state index contributed by atoms with van der Waals surface area (Å²) in [4.78, 5) is 24.1. The van der Waals surface area contributed by atoms with Crippen molar-refractivity contribution in [3.8, 4) is 5.75 Å². The molecule has 0 fully saturated rings. The maximum atomic E-state index is 11.6. The molecule has 6 heteroatoms. The second-order valence-electron chi connectivity index (χ2n) is 4.71. The second-order valence-corrected chi connectivity index (χ2v) is 5.85. The Morgan fingerprint density at radius 3 is 2.35 bits per heavy atom. The minimum atomic E-state index is -0.999. The zero-order valence-electron chi connectivity index (χ0n) is 12.5. The van der Waals surface area contributed by atoms with Crippen LogP contribution in [0.1, 0.15) is 22.8 Å². The molecule has 0 aliphatic carbocycles. The number of phenols is 1. The highest BCUT2D eigenvalue weighted by Gasteiger charge is 2.09. The van der Waals surface area contributed by atoms with Gasteiger partial charge in [-0.3, -0.25) is 4.79 Å². The molecule has 23 heavy (non-hydrogen) atoms. The molecule has 5 nitrogen and oxygen atoms in total. The normalized spacial score (nSPS) is 10.3. The summed E-state index contributed by atoms with van der Waals surface area (Å²) in [7, 11) is 0. The standard InChI is InChI=1S/C17H16O5S/c1-2-22-17(21)11-3-5-13(6-4-11)23-14-7-8-15(18)12(9-14)10-16(19)20/h3-9,18H,2,10H2,1H3,(H,19,20). The van der Waals surface area contributed by atoms with E-state index in [1.165, 1.54) is 17.8 Å². The number of aliphatic carboxylic acids is 1. The van der Waals surface area contributed by atoms with Crippen molar-refractivity contribution in [1.29, 1.82) is 0 Å². The Kier molecular flexibility index (Phi) is 5.65. The molecule has 0 spiro atoms. The lowest BCUT2D eigenvalue weighted by molar-refractivity contribution is -0.136. The van der Waals surface area contributed by atoms with Crippen LogP contribution in [0.2, 0.25) is 0 Å². The number of hydrogen-bond donors (Lipinski definition) is 2. The lowest BCUT2D eigenvalue weighted by Gasteiger charge is -2.07. The van der Waals surface area contributed by atoms with Gasteiger partial charge in [0.25, 0.3) is 0 Å². The number of carbonyl (C=O) groups excluding carboxylic acids is 1. The largest absolute Gasteiger partial charge is 0.508 e. The molecule has 0 saturated heterocycles. The van der Waals surface area contributed by atoms with E-state index in [0.29, 0.717) is 17.7 Å². The van der Waals surface area contributed by atoms with E-state index in [1.54, 1.807) is 43.3 Å². The average Bonchev–Trinajstić information content (AvgIpc) is 2.51. The van der Waals surface area contributed by atoms with Crippen LogP contribution in [-0.2, 0) is 16.0 Å². The van der Waals surface area contributed by atoms with E-state index in [9.17, 15) is 14.7 Å². The third-order valence-electron chi connectivity index (χ3n) is 2.99. The summed E-state index contributed by atoms with van der Waals surface area (Å²) < 4.78 is 4.92. The molecule has 2 aromatic carbocycles. The minimum absolute atomic E-state index is 0.0330. The number of aromatic hydroxyl groups is 1. The summed E-state index contributed by atoms with van der Waals surface area (Å²) >= 11 is 1.42. The van der Waals surface area contributed by atoms with Crippen LogP contribution in [0.25, 0.3) is 0 Å². The van der Waals surface area contributed by atoms with Crippen molar-refractivity contribution >= 4 is 23.7 Å². The molecular formula is C17H16O5S. The molecule has 0 atom stereocenters. The van der Waals surface area contributed by atoms with Gasteiger partial charge in [-0.2, -0.15) is 0 Å². The summed E-state index contributed by atoms with van der Waals surface area (Å²) in [6.07, 6.45) is -0.234. The van der Waals surface area contributed by atoms with Gasteiger partial charge in [0.1, 0.15) is 5.75 Å². The first-order chi connectivity index (χ1) is 11.0. The summed E-state index contributed by atoms with van der Waals surface area (Å²) in [6, 6.07) is 11.8. The molecule has 2 aromatic rings. The number of carboxylic acid groups (broad SMARTS) is 1. The molecule has 2 N–H and O–H groups in total. The number of ether oxygens (including phenoxy) is 1. The van der Waals surface area contributed by atoms with Gasteiger partial charge in [-0.05, 0) is 49.4 Å². The fourth-order valence-electron chi connectivity index (χ4n) is 1.94. The van der Waals surface area contributed by atoms with Gasteiger partial charge in [-0.15, -0.1) is 0 Å². The molecule has 0 aromatic heterocycles. The van der Waals surface area contributed by atoms with Crippen LogP contribution in [0.5, 0.6) is 5.75 Å². The molecule has 0 amide bonds. The fourth-order valence-corrected chi connectivity index (χ4v) is 2.82. The van der Waals surface area contributed by atoms with Gasteiger partial charge < -0.3 is 14.9 Å². The third-order valence-corrected chi connectivity index (χ3v) is 3.99. The Morgan fingerprint density at radius 2 is 1.74 bits per heavy atom. The highest BCUT2D eigenvalue weighted by Crippen LogP contribution is 2.31. The van der Waals surface area contributed by atoms with Gasteiger partial charge in [0.2, 0.25) is 0 Å². The van der Waals surface area contributed by atoms with Crippen molar-refractivity contribution in [2.24, 2.45) is 0 Å². The van der Waals surface area contributed by atoms with Crippen molar-refractivity contribution in [3.05, 3.63) is 53.6 Å². The van der Waals surface area contributed by atoms with E-state index in [0.717, 1.165) is 9.79 Å². The number of carboxylic acids is 1. The van der Waals surface area contributed by atoms with Crippen LogP contribution >= 0.6 is 11.8 Å². The zero-order chi connectivity index (χ0) is 16.8. The molecule has 0 unspecified atom stereocenters. The molecule has 0 radical (unpaired) electrons. The van der Waals surface area contributed by atoms with Crippen LogP contribution in [0.15, 0.2) is 52.3 Å². The first-order valence-corrected chi connectivity index (χ1v) is 7.80. The summed E-state index contributed by atoms with van der Waals surface area (Å²) in [5.74, 6) is -1.40. The number of rotatable bonds is 6. The quantitative estimate of drug-likeness (QED) is 0.789. The molecule has 2 rings (SSSR count). The Labute approximate surface area is 137 Å². The average molecular weight is 332 g/mol. The van der Waals surface area contributed by atoms with Gasteiger partial charge in [0.05, 0.1) is 18.6 Å². The lowest BCUT2D eigenvalue weighted by atomic mass is 10.1. The van der Waals surface area contributed by atoms with Crippen molar-refractivity contribution in [2.45, 2.75) is 23.1 Å². The minimum Gasteiger partial charge on any atom is -0.508 e. The highest BCUT2D eigenvalue weighted by atomic mass is 32.2. The third kappa shape index (κ3) is 4.75. The van der Waals surface area contributed by atoms with Crippen LogP contribution in [0.4, 0.5) is 0 Å². The van der Waals surface area contributed by atoms with Crippen molar-refractivity contribution in [2.75, 3.05) is 6.61 Å². The maximum Gasteiger partial charge on any atom is 0.338 e. The Balaban J connectivity index is 2.13. The number of carbonyl (C=O) groups is 2. The van der Waals surface area contributed by atoms with E-state index in [2.05, 4.69) is 0 Å². The van der Waals surface area contributed by atoms with E-state index in [4.69, 9.17) is 9.84 Å². The first kappa shape index (κ1) is 16.9. The molecule has 0 heterocycles. The van der Waals surface area contributed by atoms with Gasteiger partial charge in [0, 0.05) is 15.4 Å². The second kappa shape index (κ2) is 7.69. The Hall–Kier alpha value is -2.47. The maximum absolute atomic E-state index is 11.6. The molecule has 120 valence electrons. The smallest absolute Gasteiger partial charge is 0.338 e. The van der Waals surface area contributed by atoms with Crippen molar-refractivity contribution in [1.82, 2.24) is 0 Å². The van der Waals surface area contributed by atoms with E-state index >= 15 is 0 Å². The van der Waals surface area contributed by atoms with Gasteiger partial charge in [0.15, 0.2) is 0 Å². The fraction of sp³-hybridized carbons (Fsp3) is 0.176. The van der Waals surface area contributed by atoms with Gasteiger partial charge in [-0.1, -0.05) is 11.8 Å². The van der Waals surface area contributed by atoms with Gasteiger partial charge >= 0.3 is 11.9 Å². The number of benzene rings is 2. The predicted octanol–water partition coefficient (Wildman–Crippen LogP) is 3.35. The van der Waals surface area contributed by atoms with E-state index in [1.807, 2.05) is 0 Å². The summed E-state index contributed by atoms with van der Waals surface area (Å²) in [6.45, 7) is 2.08. The SMILES string of the molecule is CCOC(=O)c1ccc(Sc2ccc(O)c(CC(=O)O)c2)cc1. The molecule has 0 aliphatic rings. The zero-order valence-corrected chi connectivity index (χ0v) is 13.3. The van der Waals surface area contributed by atoms with Gasteiger partial charge in [-0.25, -0.2) is 4.79 Å². The van der Waals surface area contributed by atoms with Crippen LogP contribution in [0, 0.1) is 0 Å². The number of esters is 1. The van der Waals surface area contributed by atoms with E-state index < -0.39 is 5.97 Å². The van der Waals surface area contributed by atoms with E-state index in [-0.39, 0.29) is 18.1 Å². The topological polar surface area (TPSA) is 83.8 Å². The predicted molar refractivity (Wildman–Crippen MR) is 86.0 cm³/mol. The molecule has 0 aliphatic heterocycles. The number of hydrogen-bond acceptors (Lipinski definition) is 5. The molecular weight excluding hydrogens is 316 g/mol. The number of phenolic OH excluding ortho intramolecular Hbond substituents is 1. The summed E-state index contributed by atoms with van der Waals surface area (Å²) in [5.41, 5.74) is 0.846. The Bertz CT molecular complexity index is 709. The van der Waals surface area contributed by atoms with Crippen LogP contribution in [-0.4, -0.2) is 28.8 Å². The monoisotopic (exact) mass is 332 g/mol. The first-order valence-electron chi connectivity index (χ1n) is 6.98. The highest BCUT2D eigenvalue weighted by molar-refractivity contribution is 7.99. The molecule has 0 bridgehead atoms. The van der Waals surface area contributed by atoms with Crippen LogP contribution < -0.4 is 0 Å². The van der Waals surface area contributed by atoms with Crippen molar-refractivity contribution in [3.63, 3.8) is 0 Å². The van der Waals surface area contributed by atoms with Crippen molar-refractivity contribution < 1.29 is 24.5 Å². The summed E-state index contributed by atoms with van der Waals surface area (Å²) in [5, 5.41) is 18.5. The lowest BCUT2D eigenvalue weighted by Crippen LogP contribution is -2.03. The Morgan fingerprint density at radius 1 is 1.09 bits per heavy atom. The van der Waals surface area contributed by atoms with Crippen LogP contribution in [0.3, 0.4) is 0 Å².